The van der Waals surface area contributed by atoms with Gasteiger partial charge in [0.1, 0.15) is 17.9 Å². The molecule has 0 saturated carbocycles. The average molecular weight is 251 g/mol. The fourth-order valence-electron chi connectivity index (χ4n) is 1.51. The molecule has 0 aliphatic heterocycles. The first-order valence-electron chi connectivity index (χ1n) is 4.45. The number of hydrogen-bond donors (Lipinski definition) is 1. The molecule has 0 spiro atoms. The summed E-state index contributed by atoms with van der Waals surface area (Å²) in [5.41, 5.74) is 4.54. The summed E-state index contributed by atoms with van der Waals surface area (Å²) in [4.78, 5) is 3.44. The van der Waals surface area contributed by atoms with Crippen molar-refractivity contribution in [1.29, 1.82) is 0 Å². The van der Waals surface area contributed by atoms with E-state index in [4.69, 9.17) is 5.73 Å². The van der Waals surface area contributed by atoms with Gasteiger partial charge in [-0.1, -0.05) is 0 Å². The van der Waals surface area contributed by atoms with E-state index in [-0.39, 0.29) is 11.0 Å². The minimum Gasteiger partial charge on any atom is -0.369 e. The van der Waals surface area contributed by atoms with Gasteiger partial charge < -0.3 is 10.3 Å². The molecule has 1 aromatic heterocycles. The number of rotatable bonds is 1. The summed E-state index contributed by atoms with van der Waals surface area (Å²) < 4.78 is 63.4. The lowest BCUT2D eigenvalue weighted by molar-refractivity contribution is -0.139. The van der Waals surface area contributed by atoms with E-state index in [9.17, 15) is 22.0 Å². The van der Waals surface area contributed by atoms with Gasteiger partial charge in [0.25, 0.3) is 0 Å². The maximum atomic E-state index is 13.2. The van der Waals surface area contributed by atoms with Gasteiger partial charge in [-0.2, -0.15) is 13.2 Å². The Hall–Kier alpha value is -1.86. The summed E-state index contributed by atoms with van der Waals surface area (Å²) in [5, 5.41) is 0. The normalized spacial score (nSPS) is 12.3. The Bertz CT molecular complexity index is 572. The summed E-state index contributed by atoms with van der Waals surface area (Å²) in [6.45, 7) is -1.45. The van der Waals surface area contributed by atoms with Crippen LogP contribution in [0.4, 0.5) is 27.9 Å². The Morgan fingerprint density at radius 1 is 1.24 bits per heavy atom. The summed E-state index contributed by atoms with van der Waals surface area (Å²) in [6.07, 6.45) is -4.55. The number of halogens is 5. The highest BCUT2D eigenvalue weighted by Crippen LogP contribution is 2.26. The third-order valence-electron chi connectivity index (χ3n) is 2.14. The predicted octanol–water partition coefficient (Wildman–Crippen LogP) is 2.46. The quantitative estimate of drug-likeness (QED) is 0.791. The fraction of sp³-hybridized carbons (Fsp3) is 0.222. The van der Waals surface area contributed by atoms with Crippen molar-refractivity contribution in [3.63, 3.8) is 0 Å². The Labute approximate surface area is 91.6 Å². The second-order valence-electron chi connectivity index (χ2n) is 3.43. The van der Waals surface area contributed by atoms with Crippen molar-refractivity contribution in [2.45, 2.75) is 12.7 Å². The van der Waals surface area contributed by atoms with Gasteiger partial charge >= 0.3 is 6.18 Å². The highest BCUT2D eigenvalue weighted by Gasteiger charge is 2.30. The molecule has 3 nitrogen and oxygen atoms in total. The van der Waals surface area contributed by atoms with E-state index < -0.39 is 30.3 Å². The van der Waals surface area contributed by atoms with Gasteiger partial charge in [-0.3, -0.25) is 0 Å². The van der Waals surface area contributed by atoms with Gasteiger partial charge in [0, 0.05) is 12.1 Å². The van der Waals surface area contributed by atoms with Gasteiger partial charge in [0.05, 0.1) is 5.52 Å². The molecule has 92 valence electrons. The second-order valence-corrected chi connectivity index (χ2v) is 3.43. The van der Waals surface area contributed by atoms with Crippen molar-refractivity contribution in [3.8, 4) is 0 Å². The van der Waals surface area contributed by atoms with Crippen LogP contribution in [0, 0.1) is 11.6 Å². The standard InChI is InChI=1S/C9H6F5N3/c10-4-1-5(11)7-6(2-4)17(8(15)16-7)3-9(12,13)14/h1-2H,3H2,(H2,15,16). The van der Waals surface area contributed by atoms with Crippen LogP contribution in [-0.2, 0) is 6.54 Å². The molecule has 0 aliphatic rings. The number of hydrogen-bond acceptors (Lipinski definition) is 2. The Morgan fingerprint density at radius 3 is 2.47 bits per heavy atom. The smallest absolute Gasteiger partial charge is 0.369 e. The first kappa shape index (κ1) is 11.6. The number of alkyl halides is 3. The number of imidazole rings is 1. The molecule has 0 amide bonds. The first-order chi connectivity index (χ1) is 7.78. The molecule has 0 aliphatic carbocycles. The first-order valence-corrected chi connectivity index (χ1v) is 4.45. The molecular weight excluding hydrogens is 245 g/mol. The number of aromatic nitrogens is 2. The monoisotopic (exact) mass is 251 g/mol. The van der Waals surface area contributed by atoms with E-state index in [0.717, 1.165) is 6.07 Å². The highest BCUT2D eigenvalue weighted by molar-refractivity contribution is 5.79. The summed E-state index contributed by atoms with van der Waals surface area (Å²) in [7, 11) is 0. The molecule has 0 unspecified atom stereocenters. The van der Waals surface area contributed by atoms with Crippen molar-refractivity contribution in [2.24, 2.45) is 0 Å². The van der Waals surface area contributed by atoms with Crippen LogP contribution in [0.15, 0.2) is 12.1 Å². The van der Waals surface area contributed by atoms with E-state index in [0.29, 0.717) is 10.6 Å². The number of nitrogen functional groups attached to an aromatic ring is 1. The molecule has 2 aromatic rings. The predicted molar refractivity (Wildman–Crippen MR) is 50.1 cm³/mol. The molecule has 8 heteroatoms. The Balaban J connectivity index is 2.66. The Kier molecular flexibility index (Phi) is 2.44. The van der Waals surface area contributed by atoms with Crippen molar-refractivity contribution >= 4 is 17.0 Å². The molecule has 0 atom stereocenters. The number of benzene rings is 1. The van der Waals surface area contributed by atoms with E-state index in [1.807, 2.05) is 0 Å². The zero-order chi connectivity index (χ0) is 12.8. The summed E-state index contributed by atoms with van der Waals surface area (Å²) in [5.74, 6) is -2.55. The van der Waals surface area contributed by atoms with Gasteiger partial charge in [0.2, 0.25) is 5.95 Å². The van der Waals surface area contributed by atoms with Crippen molar-refractivity contribution in [3.05, 3.63) is 23.8 Å². The van der Waals surface area contributed by atoms with Crippen LogP contribution in [-0.4, -0.2) is 15.7 Å². The third kappa shape index (κ3) is 2.15. The number of nitrogens with two attached hydrogens (primary N) is 1. The summed E-state index contributed by atoms with van der Waals surface area (Å²) >= 11 is 0. The van der Waals surface area contributed by atoms with Gasteiger partial charge in [-0.05, 0) is 0 Å². The van der Waals surface area contributed by atoms with Crippen molar-refractivity contribution in [1.82, 2.24) is 9.55 Å². The number of nitrogens with zero attached hydrogens (tertiary/aromatic N) is 2. The van der Waals surface area contributed by atoms with Crippen LogP contribution < -0.4 is 5.73 Å². The molecule has 1 aromatic carbocycles. The van der Waals surface area contributed by atoms with Crippen LogP contribution in [0.5, 0.6) is 0 Å². The maximum Gasteiger partial charge on any atom is 0.406 e. The van der Waals surface area contributed by atoms with Gasteiger partial charge in [-0.25, -0.2) is 13.8 Å². The molecular formula is C9H6F5N3. The van der Waals surface area contributed by atoms with E-state index in [1.165, 1.54) is 0 Å². The van der Waals surface area contributed by atoms with E-state index >= 15 is 0 Å². The topological polar surface area (TPSA) is 43.8 Å². The minimum atomic E-state index is -4.55. The molecule has 0 radical (unpaired) electrons. The fourth-order valence-corrected chi connectivity index (χ4v) is 1.51. The number of fused-ring (bicyclic) bond motifs is 1. The lowest BCUT2D eigenvalue weighted by Crippen LogP contribution is -2.19. The van der Waals surface area contributed by atoms with Crippen LogP contribution in [0.1, 0.15) is 0 Å². The number of anilines is 1. The second kappa shape index (κ2) is 3.57. The molecule has 0 saturated heterocycles. The zero-order valence-corrected chi connectivity index (χ0v) is 8.22. The maximum absolute atomic E-state index is 13.2. The van der Waals surface area contributed by atoms with Gasteiger partial charge in [0.15, 0.2) is 5.82 Å². The largest absolute Gasteiger partial charge is 0.406 e. The average Bonchev–Trinajstić information content (AvgIpc) is 2.43. The Morgan fingerprint density at radius 2 is 1.88 bits per heavy atom. The van der Waals surface area contributed by atoms with Crippen LogP contribution in [0.3, 0.4) is 0 Å². The SMILES string of the molecule is Nc1nc2c(F)cc(F)cc2n1CC(F)(F)F. The van der Waals surface area contributed by atoms with E-state index in [1.54, 1.807) is 0 Å². The molecule has 0 bridgehead atoms. The minimum absolute atomic E-state index is 0.322. The van der Waals surface area contributed by atoms with E-state index in [2.05, 4.69) is 4.98 Å². The molecule has 2 N–H and O–H groups in total. The van der Waals surface area contributed by atoms with Crippen molar-refractivity contribution in [2.75, 3.05) is 5.73 Å². The highest BCUT2D eigenvalue weighted by atomic mass is 19.4. The molecule has 0 fully saturated rings. The molecule has 1 heterocycles. The van der Waals surface area contributed by atoms with Crippen LogP contribution >= 0.6 is 0 Å². The molecule has 2 rings (SSSR count). The lowest BCUT2D eigenvalue weighted by atomic mass is 10.3. The third-order valence-corrected chi connectivity index (χ3v) is 2.14. The van der Waals surface area contributed by atoms with Crippen LogP contribution in [0.25, 0.3) is 11.0 Å². The summed E-state index contributed by atoms with van der Waals surface area (Å²) in [6, 6.07) is 1.29. The lowest BCUT2D eigenvalue weighted by Gasteiger charge is -2.09. The van der Waals surface area contributed by atoms with Gasteiger partial charge in [-0.15, -0.1) is 0 Å². The van der Waals surface area contributed by atoms with Crippen molar-refractivity contribution < 1.29 is 22.0 Å². The molecule has 17 heavy (non-hydrogen) atoms. The zero-order valence-electron chi connectivity index (χ0n) is 8.22. The van der Waals surface area contributed by atoms with Crippen LogP contribution in [0.2, 0.25) is 0 Å².